The molecule has 2 aromatic heterocycles. The van der Waals surface area contributed by atoms with Gasteiger partial charge in [0.05, 0.1) is 5.52 Å². The van der Waals surface area contributed by atoms with E-state index >= 15 is 0 Å². The van der Waals surface area contributed by atoms with Gasteiger partial charge in [0, 0.05) is 12.5 Å². The van der Waals surface area contributed by atoms with Crippen molar-refractivity contribution in [3.63, 3.8) is 0 Å². The van der Waals surface area contributed by atoms with E-state index in [2.05, 4.69) is 10.3 Å². The third-order valence-corrected chi connectivity index (χ3v) is 4.32. The lowest BCUT2D eigenvalue weighted by Crippen LogP contribution is -2.41. The number of fused-ring (bicyclic) bond motifs is 1. The molecular weight excluding hydrogens is 334 g/mol. The molecule has 0 fully saturated rings. The number of aromatic nitrogens is 2. The first-order valence-electron chi connectivity index (χ1n) is 7.32. The minimum atomic E-state index is -3.65. The number of hydrogen-bond donors (Lipinski definition) is 2. The highest BCUT2D eigenvalue weighted by atomic mass is 32.2. The van der Waals surface area contributed by atoms with E-state index in [0.29, 0.717) is 5.52 Å². The molecule has 0 saturated carbocycles. The molecular formula is C15H19N3O5S. The van der Waals surface area contributed by atoms with Gasteiger partial charge in [-0.25, -0.2) is 18.2 Å². The molecule has 0 saturated heterocycles. The van der Waals surface area contributed by atoms with E-state index in [1.165, 1.54) is 10.6 Å². The van der Waals surface area contributed by atoms with Gasteiger partial charge in [-0.05, 0) is 24.5 Å². The Labute approximate surface area is 139 Å². The fourth-order valence-corrected chi connectivity index (χ4v) is 3.13. The van der Waals surface area contributed by atoms with Gasteiger partial charge in [0.25, 0.3) is 5.91 Å². The van der Waals surface area contributed by atoms with Crippen molar-refractivity contribution in [1.29, 1.82) is 0 Å². The average Bonchev–Trinajstić information content (AvgIpc) is 2.85. The highest BCUT2D eigenvalue weighted by Gasteiger charge is 2.26. The number of nitrogens with zero attached hydrogens (tertiary/aromatic N) is 2. The number of carbonyl (C=O) groups excluding carboxylic acids is 1. The topological polar surface area (TPSA) is 118 Å². The van der Waals surface area contributed by atoms with E-state index in [1.807, 2.05) is 13.8 Å². The van der Waals surface area contributed by atoms with Crippen molar-refractivity contribution >= 4 is 27.2 Å². The summed E-state index contributed by atoms with van der Waals surface area (Å²) >= 11 is 0. The predicted octanol–water partition coefficient (Wildman–Crippen LogP) is 0.967. The van der Waals surface area contributed by atoms with Gasteiger partial charge >= 0.3 is 5.97 Å². The van der Waals surface area contributed by atoms with Crippen molar-refractivity contribution in [2.75, 3.05) is 6.26 Å². The fourth-order valence-electron chi connectivity index (χ4n) is 2.36. The summed E-state index contributed by atoms with van der Waals surface area (Å²) < 4.78 is 25.0. The zero-order valence-electron chi connectivity index (χ0n) is 13.6. The van der Waals surface area contributed by atoms with Gasteiger partial charge in [-0.15, -0.1) is 0 Å². The van der Waals surface area contributed by atoms with Crippen LogP contribution in [0.25, 0.3) is 5.52 Å². The van der Waals surface area contributed by atoms with Crippen LogP contribution in [-0.4, -0.2) is 47.1 Å². The maximum absolute atomic E-state index is 12.5. The number of rotatable bonds is 6. The van der Waals surface area contributed by atoms with Crippen LogP contribution in [0, 0.1) is 5.92 Å². The van der Waals surface area contributed by atoms with Gasteiger partial charge in [0.1, 0.15) is 6.04 Å². The maximum atomic E-state index is 12.5. The summed E-state index contributed by atoms with van der Waals surface area (Å²) in [7, 11) is -3.65. The molecule has 0 aliphatic carbocycles. The second kappa shape index (κ2) is 6.60. The normalized spacial score (nSPS) is 13.2. The summed E-state index contributed by atoms with van der Waals surface area (Å²) in [6.45, 7) is 3.69. The molecule has 9 heteroatoms. The number of nitrogens with one attached hydrogen (secondary N) is 1. The Kier molecular flexibility index (Phi) is 4.93. The zero-order valence-corrected chi connectivity index (χ0v) is 14.4. The van der Waals surface area contributed by atoms with E-state index in [9.17, 15) is 23.1 Å². The molecule has 0 radical (unpaired) electrons. The van der Waals surface area contributed by atoms with Crippen molar-refractivity contribution in [2.45, 2.75) is 31.5 Å². The van der Waals surface area contributed by atoms with Gasteiger partial charge in [-0.2, -0.15) is 0 Å². The third-order valence-electron chi connectivity index (χ3n) is 3.37. The molecule has 0 aromatic carbocycles. The van der Waals surface area contributed by atoms with Gasteiger partial charge < -0.3 is 10.4 Å². The van der Waals surface area contributed by atoms with Crippen LogP contribution in [0.4, 0.5) is 0 Å². The molecule has 0 spiro atoms. The Morgan fingerprint density at radius 1 is 1.33 bits per heavy atom. The molecule has 2 N–H and O–H groups in total. The summed E-state index contributed by atoms with van der Waals surface area (Å²) in [5, 5.41) is 11.4. The van der Waals surface area contributed by atoms with Crippen LogP contribution < -0.4 is 5.32 Å². The highest BCUT2D eigenvalue weighted by molar-refractivity contribution is 7.90. The number of pyridine rings is 1. The maximum Gasteiger partial charge on any atom is 0.326 e. The van der Waals surface area contributed by atoms with Crippen LogP contribution in [0.3, 0.4) is 0 Å². The summed E-state index contributed by atoms with van der Waals surface area (Å²) in [4.78, 5) is 27.7. The molecule has 1 amide bonds. The highest BCUT2D eigenvalue weighted by Crippen LogP contribution is 2.17. The van der Waals surface area contributed by atoms with E-state index in [0.717, 1.165) is 6.26 Å². The van der Waals surface area contributed by atoms with E-state index in [-0.39, 0.29) is 23.2 Å². The minimum Gasteiger partial charge on any atom is -0.480 e. The number of imidazole rings is 1. The van der Waals surface area contributed by atoms with Crippen molar-refractivity contribution in [2.24, 2.45) is 5.92 Å². The van der Waals surface area contributed by atoms with E-state index in [1.54, 1.807) is 18.2 Å². The lowest BCUT2D eigenvalue weighted by Gasteiger charge is -2.15. The fraction of sp³-hybridized carbons (Fsp3) is 0.400. The average molecular weight is 353 g/mol. The quantitative estimate of drug-likeness (QED) is 0.799. The summed E-state index contributed by atoms with van der Waals surface area (Å²) in [6.07, 6.45) is 2.74. The number of aliphatic carboxylic acids is 1. The second-order valence-corrected chi connectivity index (χ2v) is 7.87. The summed E-state index contributed by atoms with van der Waals surface area (Å²) in [5.41, 5.74) is 0.176. The first-order valence-corrected chi connectivity index (χ1v) is 9.21. The molecule has 2 heterocycles. The first kappa shape index (κ1) is 17.9. The number of carboxylic acids is 1. The third kappa shape index (κ3) is 3.73. The molecule has 24 heavy (non-hydrogen) atoms. The van der Waals surface area contributed by atoms with Crippen molar-refractivity contribution in [3.05, 3.63) is 30.1 Å². The lowest BCUT2D eigenvalue weighted by atomic mass is 10.0. The smallest absolute Gasteiger partial charge is 0.326 e. The molecule has 2 rings (SSSR count). The van der Waals surface area contributed by atoms with Crippen LogP contribution in [0.1, 0.15) is 30.8 Å². The van der Waals surface area contributed by atoms with Crippen LogP contribution in [0.2, 0.25) is 0 Å². The first-order chi connectivity index (χ1) is 11.1. The SMILES string of the molecule is CC(C)C[C@@H](NC(=O)c1nc(S(C)(=O)=O)n2ccccc12)C(=O)O. The Morgan fingerprint density at radius 3 is 2.54 bits per heavy atom. The van der Waals surface area contributed by atoms with Crippen molar-refractivity contribution < 1.29 is 23.1 Å². The molecule has 0 aliphatic heterocycles. The van der Waals surface area contributed by atoms with Gasteiger partial charge in [-0.3, -0.25) is 9.20 Å². The van der Waals surface area contributed by atoms with Crippen molar-refractivity contribution in [3.8, 4) is 0 Å². The van der Waals surface area contributed by atoms with Crippen LogP contribution >= 0.6 is 0 Å². The standard InChI is InChI=1S/C15H19N3O5S/c1-9(2)8-10(14(20)21)16-13(19)12-11-6-4-5-7-18(11)15(17-12)24(3,22)23/h4-7,9-10H,8H2,1-3H3,(H,16,19)(H,20,21)/t10-/m1/s1. The molecule has 8 nitrogen and oxygen atoms in total. The molecule has 2 aromatic rings. The molecule has 0 bridgehead atoms. The van der Waals surface area contributed by atoms with E-state index in [4.69, 9.17) is 0 Å². The van der Waals surface area contributed by atoms with Gasteiger partial charge in [0.2, 0.25) is 15.0 Å². The van der Waals surface area contributed by atoms with Crippen LogP contribution in [0.5, 0.6) is 0 Å². The number of amides is 1. The van der Waals surface area contributed by atoms with Gasteiger partial charge in [0.15, 0.2) is 5.69 Å². The summed E-state index contributed by atoms with van der Waals surface area (Å²) in [6, 6.07) is 3.74. The summed E-state index contributed by atoms with van der Waals surface area (Å²) in [5.74, 6) is -1.80. The number of carboxylic acid groups (broad SMARTS) is 1. The van der Waals surface area contributed by atoms with E-state index < -0.39 is 27.8 Å². The Morgan fingerprint density at radius 2 is 2.00 bits per heavy atom. The zero-order chi connectivity index (χ0) is 18.1. The second-order valence-electron chi connectivity index (χ2n) is 5.96. The van der Waals surface area contributed by atoms with Crippen molar-refractivity contribution in [1.82, 2.24) is 14.7 Å². The molecule has 0 aliphatic rings. The predicted molar refractivity (Wildman–Crippen MR) is 86.6 cm³/mol. The van der Waals surface area contributed by atoms with Crippen LogP contribution in [-0.2, 0) is 14.6 Å². The number of sulfone groups is 1. The minimum absolute atomic E-state index is 0.0664. The monoisotopic (exact) mass is 353 g/mol. The number of hydrogen-bond acceptors (Lipinski definition) is 5. The molecule has 130 valence electrons. The molecule has 1 atom stereocenters. The largest absolute Gasteiger partial charge is 0.480 e. The Balaban J connectivity index is 2.45. The Hall–Kier alpha value is -2.42. The Bertz CT molecular complexity index is 886. The number of carbonyl (C=O) groups is 2. The van der Waals surface area contributed by atoms with Gasteiger partial charge in [-0.1, -0.05) is 19.9 Å². The molecule has 0 unspecified atom stereocenters. The van der Waals surface area contributed by atoms with Crippen LogP contribution in [0.15, 0.2) is 29.6 Å². The lowest BCUT2D eigenvalue weighted by molar-refractivity contribution is -0.139.